The van der Waals surface area contributed by atoms with Crippen LogP contribution in [0.1, 0.15) is 51.9 Å². The summed E-state index contributed by atoms with van der Waals surface area (Å²) < 4.78 is 0. The molecule has 2 heteroatoms. The summed E-state index contributed by atoms with van der Waals surface area (Å²) in [5, 5.41) is 8.32. The first-order valence-electron chi connectivity index (χ1n) is 5.83. The van der Waals surface area contributed by atoms with E-state index in [-0.39, 0.29) is 0 Å². The fraction of sp³-hybridized carbons (Fsp3) is 0.615. The van der Waals surface area contributed by atoms with Gasteiger partial charge in [0, 0.05) is 6.08 Å². The van der Waals surface area contributed by atoms with Crippen LogP contribution in [-0.2, 0) is 4.79 Å². The number of hydrogen-bond donors (Lipinski definition) is 1. The van der Waals surface area contributed by atoms with E-state index >= 15 is 0 Å². The molecule has 0 bridgehead atoms. The zero-order chi connectivity index (χ0) is 11.4. The second-order valence-electron chi connectivity index (χ2n) is 3.68. The van der Waals surface area contributed by atoms with E-state index in [1.165, 1.54) is 38.5 Å². The Balaban J connectivity index is 3.20. The van der Waals surface area contributed by atoms with E-state index in [1.807, 2.05) is 6.08 Å². The Labute approximate surface area is 92.7 Å². The summed E-state index contributed by atoms with van der Waals surface area (Å²) in [6, 6.07) is 0. The largest absolute Gasteiger partial charge is 0.478 e. The summed E-state index contributed by atoms with van der Waals surface area (Å²) in [4.78, 5) is 10.1. The van der Waals surface area contributed by atoms with Crippen molar-refractivity contribution in [1.82, 2.24) is 0 Å². The number of carbonyl (C=O) groups is 1. The number of unbranched alkanes of at least 4 members (excludes halogenated alkanes) is 6. The highest BCUT2D eigenvalue weighted by molar-refractivity contribution is 5.80. The molecule has 0 fully saturated rings. The van der Waals surface area contributed by atoms with Gasteiger partial charge in [-0.2, -0.15) is 0 Å². The van der Waals surface area contributed by atoms with Gasteiger partial charge in [0.1, 0.15) is 0 Å². The number of allylic oxidation sites excluding steroid dienone is 3. The molecule has 0 unspecified atom stereocenters. The van der Waals surface area contributed by atoms with Crippen molar-refractivity contribution < 1.29 is 9.90 Å². The molecule has 0 aromatic carbocycles. The lowest BCUT2D eigenvalue weighted by atomic mass is 10.1. The summed E-state index contributed by atoms with van der Waals surface area (Å²) >= 11 is 0. The van der Waals surface area contributed by atoms with Gasteiger partial charge in [-0.05, 0) is 12.8 Å². The summed E-state index contributed by atoms with van der Waals surface area (Å²) in [6.45, 7) is 2.22. The maximum atomic E-state index is 10.1. The van der Waals surface area contributed by atoms with Gasteiger partial charge in [0.2, 0.25) is 0 Å². The van der Waals surface area contributed by atoms with Crippen LogP contribution in [0, 0.1) is 0 Å². The topological polar surface area (TPSA) is 37.3 Å². The van der Waals surface area contributed by atoms with Crippen molar-refractivity contribution in [2.75, 3.05) is 0 Å². The van der Waals surface area contributed by atoms with Gasteiger partial charge in [-0.1, -0.05) is 57.3 Å². The molecule has 86 valence electrons. The van der Waals surface area contributed by atoms with Gasteiger partial charge in [0.15, 0.2) is 0 Å². The van der Waals surface area contributed by atoms with Crippen LogP contribution < -0.4 is 0 Å². The first-order chi connectivity index (χ1) is 7.27. The average Bonchev–Trinajstić information content (AvgIpc) is 2.20. The minimum atomic E-state index is -0.890. The minimum absolute atomic E-state index is 0.890. The van der Waals surface area contributed by atoms with Gasteiger partial charge in [-0.25, -0.2) is 4.79 Å². The van der Waals surface area contributed by atoms with Crippen LogP contribution in [0.25, 0.3) is 0 Å². The third-order valence-electron chi connectivity index (χ3n) is 2.21. The molecule has 0 saturated heterocycles. The molecule has 0 atom stereocenters. The van der Waals surface area contributed by atoms with E-state index in [4.69, 9.17) is 5.11 Å². The molecule has 0 rings (SSSR count). The van der Waals surface area contributed by atoms with Crippen molar-refractivity contribution in [2.45, 2.75) is 51.9 Å². The molecular weight excluding hydrogens is 188 g/mol. The summed E-state index contributed by atoms with van der Waals surface area (Å²) in [7, 11) is 0. The second-order valence-corrected chi connectivity index (χ2v) is 3.68. The van der Waals surface area contributed by atoms with Crippen LogP contribution in [-0.4, -0.2) is 11.1 Å². The van der Waals surface area contributed by atoms with E-state index in [0.717, 1.165) is 12.5 Å². The predicted molar refractivity (Wildman–Crippen MR) is 63.9 cm³/mol. The van der Waals surface area contributed by atoms with Gasteiger partial charge in [0.25, 0.3) is 0 Å². The first-order valence-corrected chi connectivity index (χ1v) is 5.83. The fourth-order valence-electron chi connectivity index (χ4n) is 1.36. The Morgan fingerprint density at radius 1 is 1.07 bits per heavy atom. The molecule has 0 amide bonds. The zero-order valence-electron chi connectivity index (χ0n) is 9.61. The minimum Gasteiger partial charge on any atom is -0.478 e. The molecule has 0 aromatic heterocycles. The van der Waals surface area contributed by atoms with Crippen LogP contribution >= 0.6 is 0 Å². The Morgan fingerprint density at radius 3 is 2.40 bits per heavy atom. The lowest BCUT2D eigenvalue weighted by molar-refractivity contribution is -0.131. The van der Waals surface area contributed by atoms with E-state index in [1.54, 1.807) is 12.2 Å². The maximum Gasteiger partial charge on any atom is 0.328 e. The quantitative estimate of drug-likeness (QED) is 0.355. The van der Waals surface area contributed by atoms with E-state index in [9.17, 15) is 4.79 Å². The normalized spacial score (nSPS) is 11.5. The Morgan fingerprint density at radius 2 is 1.73 bits per heavy atom. The third kappa shape index (κ3) is 12.9. The number of carboxylic acids is 1. The SMILES string of the molecule is CCCCCCCCC=CC=CC(=O)O. The highest BCUT2D eigenvalue weighted by Gasteiger charge is 1.87. The summed E-state index contributed by atoms with van der Waals surface area (Å²) in [6.07, 6.45) is 15.4. The van der Waals surface area contributed by atoms with Crippen LogP contribution in [0.15, 0.2) is 24.3 Å². The molecule has 0 saturated carbocycles. The van der Waals surface area contributed by atoms with Crippen molar-refractivity contribution in [3.63, 3.8) is 0 Å². The molecule has 0 aromatic rings. The lowest BCUT2D eigenvalue weighted by Crippen LogP contribution is -1.84. The van der Waals surface area contributed by atoms with Crippen LogP contribution in [0.3, 0.4) is 0 Å². The summed E-state index contributed by atoms with van der Waals surface area (Å²) in [5.41, 5.74) is 0. The molecule has 0 aliphatic carbocycles. The third-order valence-corrected chi connectivity index (χ3v) is 2.21. The molecule has 1 N–H and O–H groups in total. The van der Waals surface area contributed by atoms with Gasteiger partial charge in [-0.3, -0.25) is 0 Å². The van der Waals surface area contributed by atoms with E-state index in [0.29, 0.717) is 0 Å². The van der Waals surface area contributed by atoms with Crippen LogP contribution in [0.5, 0.6) is 0 Å². The average molecular weight is 210 g/mol. The molecule has 0 aliphatic heterocycles. The molecule has 0 heterocycles. The number of rotatable bonds is 9. The second kappa shape index (κ2) is 11.0. The molecule has 0 radical (unpaired) electrons. The monoisotopic (exact) mass is 210 g/mol. The van der Waals surface area contributed by atoms with Crippen molar-refractivity contribution in [3.05, 3.63) is 24.3 Å². The Bertz CT molecular complexity index is 205. The van der Waals surface area contributed by atoms with Gasteiger partial charge >= 0.3 is 5.97 Å². The zero-order valence-corrected chi connectivity index (χ0v) is 9.61. The first kappa shape index (κ1) is 13.9. The lowest BCUT2D eigenvalue weighted by Gasteiger charge is -1.97. The molecule has 0 spiro atoms. The number of aliphatic carboxylic acids is 1. The van der Waals surface area contributed by atoms with E-state index < -0.39 is 5.97 Å². The molecule has 15 heavy (non-hydrogen) atoms. The van der Waals surface area contributed by atoms with Crippen molar-refractivity contribution in [3.8, 4) is 0 Å². The van der Waals surface area contributed by atoms with Gasteiger partial charge < -0.3 is 5.11 Å². The molecule has 2 nitrogen and oxygen atoms in total. The predicted octanol–water partition coefficient (Wildman–Crippen LogP) is 3.93. The highest BCUT2D eigenvalue weighted by atomic mass is 16.4. The number of hydrogen-bond acceptors (Lipinski definition) is 1. The fourth-order valence-corrected chi connectivity index (χ4v) is 1.36. The number of carboxylic acid groups (broad SMARTS) is 1. The van der Waals surface area contributed by atoms with Crippen molar-refractivity contribution in [1.29, 1.82) is 0 Å². The Kier molecular flexibility index (Phi) is 10.3. The van der Waals surface area contributed by atoms with Crippen LogP contribution in [0.4, 0.5) is 0 Å². The molecular formula is C13H22O2. The van der Waals surface area contributed by atoms with Crippen molar-refractivity contribution in [2.24, 2.45) is 0 Å². The highest BCUT2D eigenvalue weighted by Crippen LogP contribution is 2.06. The molecule has 0 aliphatic rings. The van der Waals surface area contributed by atoms with Gasteiger partial charge in [0.05, 0.1) is 0 Å². The summed E-state index contributed by atoms with van der Waals surface area (Å²) in [5.74, 6) is -0.890. The standard InChI is InChI=1S/C13H22O2/c1-2-3-4-5-6-7-8-9-10-11-12-13(14)15/h9-12H,2-8H2,1H3,(H,14,15). The van der Waals surface area contributed by atoms with Crippen molar-refractivity contribution >= 4 is 5.97 Å². The van der Waals surface area contributed by atoms with Crippen LogP contribution in [0.2, 0.25) is 0 Å². The maximum absolute atomic E-state index is 10.1. The Hall–Kier alpha value is -1.05. The van der Waals surface area contributed by atoms with E-state index in [2.05, 4.69) is 6.92 Å². The van der Waals surface area contributed by atoms with Gasteiger partial charge in [-0.15, -0.1) is 0 Å². The smallest absolute Gasteiger partial charge is 0.328 e.